The first-order valence-electron chi connectivity index (χ1n) is 11.7. The fourth-order valence-corrected chi connectivity index (χ4v) is 6.52. The van der Waals surface area contributed by atoms with Gasteiger partial charge in [-0.3, -0.25) is 14.9 Å². The third-order valence-corrected chi connectivity index (χ3v) is 8.45. The number of aromatic nitrogens is 4. The molecule has 2 amide bonds. The lowest BCUT2D eigenvalue weighted by molar-refractivity contribution is -0.125. The van der Waals surface area contributed by atoms with Gasteiger partial charge < -0.3 is 14.0 Å². The van der Waals surface area contributed by atoms with E-state index in [2.05, 4.69) is 27.5 Å². The molecule has 9 heteroatoms. The summed E-state index contributed by atoms with van der Waals surface area (Å²) in [5, 5.41) is 3.08. The van der Waals surface area contributed by atoms with Crippen molar-refractivity contribution in [1.82, 2.24) is 24.0 Å². The number of aryl methyl sites for hydroxylation is 1. The summed E-state index contributed by atoms with van der Waals surface area (Å²) in [6.45, 7) is 5.18. The molecule has 1 N–H and O–H groups in total. The lowest BCUT2D eigenvalue weighted by atomic mass is 9.65. The Hall–Kier alpha value is -3.72. The summed E-state index contributed by atoms with van der Waals surface area (Å²) in [6.07, 6.45) is 7.87. The van der Waals surface area contributed by atoms with Gasteiger partial charge in [0, 0.05) is 26.2 Å². The predicted molar refractivity (Wildman–Crippen MR) is 136 cm³/mol. The summed E-state index contributed by atoms with van der Waals surface area (Å²) in [7, 11) is 1.94. The largest absolute Gasteiger partial charge is 0.339 e. The second kappa shape index (κ2) is 8.20. The van der Waals surface area contributed by atoms with E-state index < -0.39 is 0 Å². The molecule has 1 aromatic carbocycles. The number of rotatable bonds is 5. The number of benzene rings is 1. The van der Waals surface area contributed by atoms with Crippen molar-refractivity contribution in [2.24, 2.45) is 12.5 Å². The molecule has 1 spiro atoms. The molecule has 3 aromatic heterocycles. The van der Waals surface area contributed by atoms with Gasteiger partial charge in [0.2, 0.25) is 11.9 Å². The number of imidazole rings is 2. The number of nitrogens with one attached hydrogen (secondary N) is 1. The van der Waals surface area contributed by atoms with Crippen molar-refractivity contribution < 1.29 is 9.59 Å². The van der Waals surface area contributed by atoms with Crippen LogP contribution in [0.15, 0.2) is 61.6 Å². The highest BCUT2D eigenvalue weighted by atomic mass is 32.1. The van der Waals surface area contributed by atoms with Crippen molar-refractivity contribution in [3.8, 4) is 10.6 Å². The van der Waals surface area contributed by atoms with Crippen molar-refractivity contribution in [2.75, 3.05) is 18.4 Å². The average molecular weight is 487 g/mol. The van der Waals surface area contributed by atoms with E-state index in [-0.39, 0.29) is 23.3 Å². The molecule has 0 radical (unpaired) electrons. The zero-order valence-electron chi connectivity index (χ0n) is 19.5. The second-order valence-corrected chi connectivity index (χ2v) is 10.7. The van der Waals surface area contributed by atoms with Gasteiger partial charge in [-0.25, -0.2) is 9.97 Å². The van der Waals surface area contributed by atoms with Crippen LogP contribution < -0.4 is 5.32 Å². The number of para-hydroxylation sites is 2. The first-order valence-corrected chi connectivity index (χ1v) is 12.5. The van der Waals surface area contributed by atoms with Crippen molar-refractivity contribution in [3.05, 3.63) is 66.5 Å². The molecule has 2 fully saturated rings. The molecule has 0 atom stereocenters. The van der Waals surface area contributed by atoms with Gasteiger partial charge in [-0.2, -0.15) is 0 Å². The quantitative estimate of drug-likeness (QED) is 0.421. The van der Waals surface area contributed by atoms with Crippen molar-refractivity contribution in [3.63, 3.8) is 0 Å². The summed E-state index contributed by atoms with van der Waals surface area (Å²) >= 11 is 1.44. The first-order chi connectivity index (χ1) is 17.0. The fourth-order valence-electron chi connectivity index (χ4n) is 5.57. The number of nitrogens with zero attached hydrogens (tertiary/aromatic N) is 5. The van der Waals surface area contributed by atoms with E-state index >= 15 is 0 Å². The molecule has 1 saturated carbocycles. The molecular formula is C26H26N6O2S. The van der Waals surface area contributed by atoms with E-state index in [1.54, 1.807) is 12.5 Å². The van der Waals surface area contributed by atoms with Crippen LogP contribution in [-0.2, 0) is 11.8 Å². The van der Waals surface area contributed by atoms with Gasteiger partial charge >= 0.3 is 0 Å². The highest BCUT2D eigenvalue weighted by Gasteiger charge is 2.50. The minimum absolute atomic E-state index is 0.00722. The monoisotopic (exact) mass is 486 g/mol. The van der Waals surface area contributed by atoms with E-state index in [1.807, 2.05) is 46.8 Å². The highest BCUT2D eigenvalue weighted by molar-refractivity contribution is 7.17. The molecule has 8 nitrogen and oxygen atoms in total. The molecule has 6 rings (SSSR count). The van der Waals surface area contributed by atoms with Gasteiger partial charge in [-0.1, -0.05) is 18.7 Å². The Labute approximate surface area is 206 Å². The summed E-state index contributed by atoms with van der Waals surface area (Å²) < 4.78 is 4.11. The third-order valence-electron chi connectivity index (χ3n) is 7.35. The number of amides is 2. The van der Waals surface area contributed by atoms with Crippen LogP contribution in [0.2, 0.25) is 0 Å². The molecule has 0 bridgehead atoms. The number of likely N-dealkylation sites (tertiary alicyclic amines) is 1. The predicted octanol–water partition coefficient (Wildman–Crippen LogP) is 4.49. The SMILES string of the molecule is C=CC(=O)N1CCC2(CC(n3c(NC(=O)c4ccc(-c5cncn5C)s4)nc4ccccc43)C2)C1. The number of carbonyl (C=O) groups is 2. The van der Waals surface area contributed by atoms with Crippen molar-refractivity contribution in [2.45, 2.75) is 25.3 Å². The molecule has 4 heterocycles. The molecule has 2 aliphatic rings. The number of hydrogen-bond acceptors (Lipinski definition) is 5. The minimum atomic E-state index is -0.169. The van der Waals surface area contributed by atoms with Crippen LogP contribution in [0, 0.1) is 5.41 Å². The molecule has 1 aliphatic carbocycles. The number of fused-ring (bicyclic) bond motifs is 1. The normalized spacial score (nSPS) is 21.4. The topological polar surface area (TPSA) is 85.0 Å². The first kappa shape index (κ1) is 21.8. The highest BCUT2D eigenvalue weighted by Crippen LogP contribution is 2.55. The lowest BCUT2D eigenvalue weighted by Crippen LogP contribution is -2.42. The van der Waals surface area contributed by atoms with Gasteiger partial charge in [-0.05, 0) is 55.0 Å². The molecule has 1 saturated heterocycles. The zero-order chi connectivity index (χ0) is 24.2. The van der Waals surface area contributed by atoms with Gasteiger partial charge in [0.1, 0.15) is 0 Å². The molecule has 35 heavy (non-hydrogen) atoms. The van der Waals surface area contributed by atoms with E-state index in [1.165, 1.54) is 17.4 Å². The number of anilines is 1. The fraction of sp³-hybridized carbons (Fsp3) is 0.308. The number of hydrogen-bond donors (Lipinski definition) is 1. The Morgan fingerprint density at radius 1 is 1.23 bits per heavy atom. The summed E-state index contributed by atoms with van der Waals surface area (Å²) in [4.78, 5) is 37.7. The Balaban J connectivity index is 1.25. The van der Waals surface area contributed by atoms with Gasteiger partial charge in [0.15, 0.2) is 0 Å². The third kappa shape index (κ3) is 3.67. The molecule has 178 valence electrons. The smallest absolute Gasteiger partial charge is 0.268 e. The Morgan fingerprint density at radius 3 is 2.83 bits per heavy atom. The van der Waals surface area contributed by atoms with E-state index in [0.717, 1.165) is 54.0 Å². The number of carbonyl (C=O) groups excluding carboxylic acids is 2. The van der Waals surface area contributed by atoms with E-state index in [9.17, 15) is 9.59 Å². The maximum absolute atomic E-state index is 13.2. The van der Waals surface area contributed by atoms with Crippen LogP contribution in [0.5, 0.6) is 0 Å². The maximum Gasteiger partial charge on any atom is 0.268 e. The molecule has 0 unspecified atom stereocenters. The lowest BCUT2D eigenvalue weighted by Gasteiger charge is -2.46. The molecular weight excluding hydrogens is 460 g/mol. The Kier molecular flexibility index (Phi) is 5.10. The van der Waals surface area contributed by atoms with E-state index in [4.69, 9.17) is 4.98 Å². The standard InChI is InChI=1S/C26H26N6O2S/c1-3-23(33)31-11-10-26(15-31)12-17(13-26)32-19-7-5-4-6-18(19)28-25(32)29-24(34)22-9-8-21(35-22)20-14-27-16-30(20)2/h3-9,14,16-17H,1,10-13,15H2,2H3,(H,28,29,34). The van der Waals surface area contributed by atoms with Crippen LogP contribution >= 0.6 is 11.3 Å². The van der Waals surface area contributed by atoms with Crippen molar-refractivity contribution >= 4 is 40.1 Å². The van der Waals surface area contributed by atoms with Crippen LogP contribution in [0.1, 0.15) is 35.0 Å². The molecule has 1 aliphatic heterocycles. The van der Waals surface area contributed by atoms with Crippen molar-refractivity contribution in [1.29, 1.82) is 0 Å². The second-order valence-electron chi connectivity index (χ2n) is 9.58. The van der Waals surface area contributed by atoms with Gasteiger partial charge in [0.05, 0.1) is 39.0 Å². The Bertz CT molecular complexity index is 1460. The summed E-state index contributed by atoms with van der Waals surface area (Å²) in [5.74, 6) is 0.411. The van der Waals surface area contributed by atoms with Gasteiger partial charge in [0.25, 0.3) is 5.91 Å². The van der Waals surface area contributed by atoms with Crippen LogP contribution in [0.4, 0.5) is 5.95 Å². The van der Waals surface area contributed by atoms with Crippen LogP contribution in [0.25, 0.3) is 21.6 Å². The Morgan fingerprint density at radius 2 is 2.06 bits per heavy atom. The minimum Gasteiger partial charge on any atom is -0.339 e. The number of thiophene rings is 1. The van der Waals surface area contributed by atoms with Crippen LogP contribution in [-0.4, -0.2) is 48.9 Å². The van der Waals surface area contributed by atoms with Gasteiger partial charge in [-0.15, -0.1) is 11.3 Å². The zero-order valence-corrected chi connectivity index (χ0v) is 20.3. The molecule has 4 aromatic rings. The maximum atomic E-state index is 13.2. The summed E-state index contributed by atoms with van der Waals surface area (Å²) in [6, 6.07) is 12.0. The van der Waals surface area contributed by atoms with E-state index in [0.29, 0.717) is 10.8 Å². The summed E-state index contributed by atoms with van der Waals surface area (Å²) in [5.41, 5.74) is 2.99. The average Bonchev–Trinajstić information content (AvgIpc) is 3.62. The van der Waals surface area contributed by atoms with Crippen LogP contribution in [0.3, 0.4) is 0 Å².